The van der Waals surface area contributed by atoms with Gasteiger partial charge in [-0.15, -0.1) is 0 Å². The van der Waals surface area contributed by atoms with Crippen LogP contribution in [-0.2, 0) is 22.6 Å². The molecule has 11 nitrogen and oxygen atoms in total. The van der Waals surface area contributed by atoms with Crippen LogP contribution in [-0.4, -0.2) is 55.4 Å². The number of aromatic nitrogens is 3. The fraction of sp³-hybridized carbons (Fsp3) is 0.292. The standard InChI is InChI=1S/C24H24ClN5O6S/c1-2-35-20(32)19-13-26-23(37-19)36-18-9-7-17(8-10-18)27-21-28-22(33)29(11-12-31)24(34)30(21)14-15-3-5-16(25)6-4-15/h3-10,19,31H,2,11-14H2,1H3,(H,27,28,33). The number of anilines is 2. The van der Waals surface area contributed by atoms with Gasteiger partial charge in [0.2, 0.25) is 5.95 Å². The molecule has 3 aromatic rings. The number of benzene rings is 2. The van der Waals surface area contributed by atoms with Crippen LogP contribution >= 0.6 is 23.4 Å². The first-order valence-corrected chi connectivity index (χ1v) is 12.6. The number of aliphatic imine (C=N–C) groups is 1. The van der Waals surface area contributed by atoms with Gasteiger partial charge in [-0.25, -0.2) is 19.1 Å². The van der Waals surface area contributed by atoms with Gasteiger partial charge in [-0.1, -0.05) is 35.5 Å². The summed E-state index contributed by atoms with van der Waals surface area (Å²) in [6.07, 6.45) is 0. The Balaban J connectivity index is 1.52. The molecular formula is C24H24ClN5O6S. The second kappa shape index (κ2) is 12.1. The van der Waals surface area contributed by atoms with E-state index in [-0.39, 0.29) is 38.2 Å². The monoisotopic (exact) mass is 545 g/mol. The van der Waals surface area contributed by atoms with Crippen molar-refractivity contribution < 1.29 is 19.4 Å². The second-order valence-electron chi connectivity index (χ2n) is 7.80. The third-order valence-electron chi connectivity index (χ3n) is 5.22. The molecule has 0 amide bonds. The van der Waals surface area contributed by atoms with Gasteiger partial charge in [0.1, 0.15) is 11.0 Å². The molecule has 1 aliphatic heterocycles. The van der Waals surface area contributed by atoms with Crippen LogP contribution in [0.25, 0.3) is 0 Å². The Labute approximate surface area is 220 Å². The first-order valence-electron chi connectivity index (χ1n) is 11.4. The highest BCUT2D eigenvalue weighted by atomic mass is 35.5. The third-order valence-corrected chi connectivity index (χ3v) is 6.51. The van der Waals surface area contributed by atoms with Crippen molar-refractivity contribution in [2.24, 2.45) is 4.99 Å². The van der Waals surface area contributed by atoms with Crippen molar-refractivity contribution in [3.05, 3.63) is 80.1 Å². The Morgan fingerprint density at radius 1 is 1.16 bits per heavy atom. The predicted molar refractivity (Wildman–Crippen MR) is 141 cm³/mol. The lowest BCUT2D eigenvalue weighted by molar-refractivity contribution is -0.142. The Hall–Kier alpha value is -3.61. The summed E-state index contributed by atoms with van der Waals surface area (Å²) in [6.45, 7) is 1.92. The van der Waals surface area contributed by atoms with E-state index in [2.05, 4.69) is 15.3 Å². The number of hydrogen-bond donors (Lipinski definition) is 2. The van der Waals surface area contributed by atoms with Crippen LogP contribution in [0, 0.1) is 0 Å². The number of aliphatic hydroxyl groups excluding tert-OH is 1. The molecule has 0 spiro atoms. The molecule has 0 saturated carbocycles. The molecule has 0 bridgehead atoms. The van der Waals surface area contributed by atoms with Crippen LogP contribution in [0.4, 0.5) is 11.6 Å². The number of halogens is 1. The van der Waals surface area contributed by atoms with Gasteiger partial charge in [-0.05, 0) is 48.9 Å². The Bertz CT molecular complexity index is 1410. The topological polar surface area (TPSA) is 137 Å². The van der Waals surface area contributed by atoms with E-state index in [0.29, 0.717) is 28.3 Å². The van der Waals surface area contributed by atoms with E-state index < -0.39 is 16.6 Å². The Kier molecular flexibility index (Phi) is 8.64. The summed E-state index contributed by atoms with van der Waals surface area (Å²) < 4.78 is 13.0. The molecule has 4 rings (SSSR count). The zero-order valence-electron chi connectivity index (χ0n) is 19.8. The van der Waals surface area contributed by atoms with Crippen LogP contribution in [0.5, 0.6) is 5.75 Å². The van der Waals surface area contributed by atoms with Gasteiger partial charge in [0, 0.05) is 10.7 Å². The van der Waals surface area contributed by atoms with Crippen LogP contribution in [0.15, 0.2) is 63.1 Å². The molecule has 2 heterocycles. The van der Waals surface area contributed by atoms with Gasteiger partial charge in [-0.2, -0.15) is 4.98 Å². The Morgan fingerprint density at radius 3 is 2.57 bits per heavy atom. The zero-order valence-corrected chi connectivity index (χ0v) is 21.4. The van der Waals surface area contributed by atoms with Crippen molar-refractivity contribution >= 4 is 46.2 Å². The normalized spacial score (nSPS) is 14.8. The van der Waals surface area contributed by atoms with Crippen molar-refractivity contribution in [2.75, 3.05) is 25.1 Å². The molecule has 2 aromatic carbocycles. The average Bonchev–Trinajstić information content (AvgIpc) is 3.35. The molecule has 2 N–H and O–H groups in total. The fourth-order valence-electron chi connectivity index (χ4n) is 3.44. The van der Waals surface area contributed by atoms with Crippen LogP contribution in [0.3, 0.4) is 0 Å². The summed E-state index contributed by atoms with van der Waals surface area (Å²) >= 11 is 7.16. The summed E-state index contributed by atoms with van der Waals surface area (Å²) in [4.78, 5) is 45.7. The molecule has 1 aromatic heterocycles. The minimum atomic E-state index is -0.777. The van der Waals surface area contributed by atoms with E-state index in [1.54, 1.807) is 55.5 Å². The van der Waals surface area contributed by atoms with Gasteiger partial charge in [-0.3, -0.25) is 9.36 Å². The van der Waals surface area contributed by atoms with Crippen molar-refractivity contribution in [3.8, 4) is 5.75 Å². The molecule has 0 aliphatic carbocycles. The van der Waals surface area contributed by atoms with Crippen LogP contribution in [0.1, 0.15) is 12.5 Å². The van der Waals surface area contributed by atoms with Gasteiger partial charge in [0.05, 0.1) is 32.8 Å². The first kappa shape index (κ1) is 26.5. The molecule has 0 saturated heterocycles. The molecule has 0 fully saturated rings. The predicted octanol–water partition coefficient (Wildman–Crippen LogP) is 2.26. The number of nitrogens with zero attached hydrogens (tertiary/aromatic N) is 4. The number of hydrogen-bond acceptors (Lipinski definition) is 10. The van der Waals surface area contributed by atoms with E-state index in [1.165, 1.54) is 16.3 Å². The van der Waals surface area contributed by atoms with Crippen molar-refractivity contribution in [1.82, 2.24) is 14.1 Å². The van der Waals surface area contributed by atoms with Crippen LogP contribution < -0.4 is 21.4 Å². The molecule has 1 aliphatic rings. The zero-order chi connectivity index (χ0) is 26.4. The number of rotatable bonds is 9. The first-order chi connectivity index (χ1) is 17.9. The SMILES string of the molecule is CCOC(=O)C1CN=C(Oc2ccc(Nc3nc(=O)n(CCO)c(=O)n3Cc3ccc(Cl)cc3)cc2)S1. The van der Waals surface area contributed by atoms with Gasteiger partial charge in [0.25, 0.3) is 5.23 Å². The summed E-state index contributed by atoms with van der Waals surface area (Å²) in [5, 5.41) is 12.8. The van der Waals surface area contributed by atoms with Crippen LogP contribution in [0.2, 0.25) is 5.02 Å². The lowest BCUT2D eigenvalue weighted by Gasteiger charge is -2.15. The number of carbonyl (C=O) groups excluding carboxylic acids is 1. The van der Waals surface area contributed by atoms with E-state index in [0.717, 1.165) is 10.1 Å². The quantitative estimate of drug-likeness (QED) is 0.388. The third kappa shape index (κ3) is 6.59. The maximum atomic E-state index is 13.1. The van der Waals surface area contributed by atoms with E-state index >= 15 is 0 Å². The Morgan fingerprint density at radius 2 is 1.89 bits per heavy atom. The number of esters is 1. The molecule has 1 unspecified atom stereocenters. The molecule has 13 heteroatoms. The maximum Gasteiger partial charge on any atom is 0.355 e. The maximum absolute atomic E-state index is 13.1. The van der Waals surface area contributed by atoms with E-state index in [4.69, 9.17) is 21.1 Å². The molecule has 1 atom stereocenters. The largest absolute Gasteiger partial charge is 0.465 e. The van der Waals surface area contributed by atoms with Gasteiger partial charge < -0.3 is 19.9 Å². The van der Waals surface area contributed by atoms with E-state index in [9.17, 15) is 19.5 Å². The highest BCUT2D eigenvalue weighted by molar-refractivity contribution is 8.15. The highest BCUT2D eigenvalue weighted by Gasteiger charge is 2.29. The summed E-state index contributed by atoms with van der Waals surface area (Å²) in [5.74, 6) is 0.208. The number of nitrogens with one attached hydrogen (secondary N) is 1. The van der Waals surface area contributed by atoms with Gasteiger partial charge in [0.15, 0.2) is 0 Å². The summed E-state index contributed by atoms with van der Waals surface area (Å²) in [5.41, 5.74) is -0.0701. The van der Waals surface area contributed by atoms with E-state index in [1.807, 2.05) is 0 Å². The lowest BCUT2D eigenvalue weighted by Crippen LogP contribution is -2.43. The number of ether oxygens (including phenoxy) is 2. The molecule has 0 radical (unpaired) electrons. The number of carbonyl (C=O) groups is 1. The summed E-state index contributed by atoms with van der Waals surface area (Å²) in [7, 11) is 0. The molecule has 37 heavy (non-hydrogen) atoms. The lowest BCUT2D eigenvalue weighted by atomic mass is 10.2. The fourth-order valence-corrected chi connectivity index (χ4v) is 4.41. The minimum Gasteiger partial charge on any atom is -0.465 e. The number of aliphatic hydroxyl groups is 1. The molecule has 194 valence electrons. The molecular weight excluding hydrogens is 522 g/mol. The van der Waals surface area contributed by atoms with Crippen molar-refractivity contribution in [2.45, 2.75) is 25.3 Å². The number of thioether (sulfide) groups is 1. The van der Waals surface area contributed by atoms with Gasteiger partial charge >= 0.3 is 17.3 Å². The average molecular weight is 546 g/mol. The highest BCUT2D eigenvalue weighted by Crippen LogP contribution is 2.26. The smallest absolute Gasteiger partial charge is 0.355 e. The second-order valence-corrected chi connectivity index (χ2v) is 9.40. The van der Waals surface area contributed by atoms with Crippen molar-refractivity contribution in [1.29, 1.82) is 0 Å². The summed E-state index contributed by atoms with van der Waals surface area (Å²) in [6, 6.07) is 13.7. The minimum absolute atomic E-state index is 0.0424. The van der Waals surface area contributed by atoms with Crippen molar-refractivity contribution in [3.63, 3.8) is 0 Å².